The third-order valence-electron chi connectivity index (χ3n) is 3.18. The van der Waals surface area contributed by atoms with Crippen LogP contribution in [-0.4, -0.2) is 27.0 Å². The second kappa shape index (κ2) is 4.76. The average molecular weight is 271 g/mol. The zero-order chi connectivity index (χ0) is 14.1. The molecule has 0 spiro atoms. The number of nitrogens with one attached hydrogen (secondary N) is 3. The van der Waals surface area contributed by atoms with Crippen LogP contribution in [0, 0.1) is 0 Å². The summed E-state index contributed by atoms with van der Waals surface area (Å²) in [4.78, 5) is 27.4. The average Bonchev–Trinajstić information content (AvgIpc) is 3.05. The SMILES string of the molecule is CC(NC(=O)c1ccc2c(c1)CC(=O)N2)c1ncn[nH]1. The fraction of sp³-hybridized carbons (Fsp3) is 0.231. The van der Waals surface area contributed by atoms with Gasteiger partial charge in [0.25, 0.3) is 5.91 Å². The maximum absolute atomic E-state index is 12.2. The Balaban J connectivity index is 1.75. The van der Waals surface area contributed by atoms with E-state index in [1.54, 1.807) is 18.2 Å². The van der Waals surface area contributed by atoms with Gasteiger partial charge in [0, 0.05) is 11.3 Å². The molecule has 0 radical (unpaired) electrons. The molecule has 20 heavy (non-hydrogen) atoms. The van der Waals surface area contributed by atoms with Gasteiger partial charge in [-0.2, -0.15) is 5.10 Å². The quantitative estimate of drug-likeness (QED) is 0.768. The first kappa shape index (κ1) is 12.3. The van der Waals surface area contributed by atoms with Crippen molar-refractivity contribution in [2.24, 2.45) is 0 Å². The van der Waals surface area contributed by atoms with Crippen LogP contribution in [0.25, 0.3) is 0 Å². The van der Waals surface area contributed by atoms with E-state index in [4.69, 9.17) is 0 Å². The van der Waals surface area contributed by atoms with Gasteiger partial charge in [-0.15, -0.1) is 0 Å². The maximum atomic E-state index is 12.2. The molecule has 2 heterocycles. The molecular formula is C13H13N5O2. The Labute approximate surface area is 114 Å². The van der Waals surface area contributed by atoms with Gasteiger partial charge >= 0.3 is 0 Å². The van der Waals surface area contributed by atoms with Crippen LogP contribution in [0.15, 0.2) is 24.5 Å². The summed E-state index contributed by atoms with van der Waals surface area (Å²) in [6, 6.07) is 4.90. The van der Waals surface area contributed by atoms with E-state index in [0.29, 0.717) is 17.8 Å². The summed E-state index contributed by atoms with van der Waals surface area (Å²) in [5, 5.41) is 12.0. The number of anilines is 1. The third kappa shape index (κ3) is 2.25. The van der Waals surface area contributed by atoms with E-state index in [0.717, 1.165) is 11.3 Å². The van der Waals surface area contributed by atoms with Crippen LogP contribution in [0.2, 0.25) is 0 Å². The molecule has 0 aliphatic carbocycles. The highest BCUT2D eigenvalue weighted by Crippen LogP contribution is 2.24. The maximum Gasteiger partial charge on any atom is 0.251 e. The Morgan fingerprint density at radius 3 is 3.05 bits per heavy atom. The molecule has 3 rings (SSSR count). The summed E-state index contributed by atoms with van der Waals surface area (Å²) < 4.78 is 0. The van der Waals surface area contributed by atoms with Crippen LogP contribution in [0.3, 0.4) is 0 Å². The Morgan fingerprint density at radius 2 is 2.30 bits per heavy atom. The molecule has 1 aliphatic heterocycles. The van der Waals surface area contributed by atoms with Crippen LogP contribution in [-0.2, 0) is 11.2 Å². The number of carbonyl (C=O) groups excluding carboxylic acids is 2. The number of fused-ring (bicyclic) bond motifs is 1. The van der Waals surface area contributed by atoms with Gasteiger partial charge in [-0.1, -0.05) is 0 Å². The number of rotatable bonds is 3. The van der Waals surface area contributed by atoms with E-state index < -0.39 is 0 Å². The summed E-state index contributed by atoms with van der Waals surface area (Å²) in [6.45, 7) is 1.82. The molecule has 7 heteroatoms. The van der Waals surface area contributed by atoms with Gasteiger partial charge in [0.15, 0.2) is 0 Å². The molecule has 7 nitrogen and oxygen atoms in total. The van der Waals surface area contributed by atoms with Gasteiger partial charge in [0.1, 0.15) is 12.2 Å². The van der Waals surface area contributed by atoms with Crippen molar-refractivity contribution in [1.82, 2.24) is 20.5 Å². The highest BCUT2D eigenvalue weighted by molar-refractivity contribution is 6.01. The van der Waals surface area contributed by atoms with E-state index in [1.807, 2.05) is 6.92 Å². The van der Waals surface area contributed by atoms with Gasteiger partial charge in [-0.25, -0.2) is 4.98 Å². The molecule has 2 aromatic rings. The standard InChI is InChI=1S/C13H13N5O2/c1-7(12-14-6-15-18-12)16-13(20)8-2-3-10-9(4-8)5-11(19)17-10/h2-4,6-7H,5H2,1H3,(H,16,20)(H,17,19)(H,14,15,18). The van der Waals surface area contributed by atoms with Crippen molar-refractivity contribution in [3.63, 3.8) is 0 Å². The number of aromatic amines is 1. The van der Waals surface area contributed by atoms with Crippen molar-refractivity contribution in [3.05, 3.63) is 41.5 Å². The largest absolute Gasteiger partial charge is 0.342 e. The smallest absolute Gasteiger partial charge is 0.251 e. The predicted octanol–water partition coefficient (Wildman–Crippen LogP) is 0.790. The highest BCUT2D eigenvalue weighted by Gasteiger charge is 2.20. The van der Waals surface area contributed by atoms with Crippen molar-refractivity contribution in [2.75, 3.05) is 5.32 Å². The number of H-pyrrole nitrogens is 1. The van der Waals surface area contributed by atoms with E-state index in [1.165, 1.54) is 6.33 Å². The minimum absolute atomic E-state index is 0.0485. The molecule has 102 valence electrons. The Morgan fingerprint density at radius 1 is 1.45 bits per heavy atom. The first-order valence-electron chi connectivity index (χ1n) is 6.22. The van der Waals surface area contributed by atoms with E-state index in [9.17, 15) is 9.59 Å². The predicted molar refractivity (Wildman–Crippen MR) is 71.0 cm³/mol. The summed E-state index contributed by atoms with van der Waals surface area (Å²) in [5.74, 6) is 0.333. The second-order valence-electron chi connectivity index (χ2n) is 4.66. The van der Waals surface area contributed by atoms with Crippen molar-refractivity contribution in [1.29, 1.82) is 0 Å². The van der Waals surface area contributed by atoms with E-state index in [2.05, 4.69) is 25.8 Å². The molecule has 0 bridgehead atoms. The van der Waals surface area contributed by atoms with Crippen molar-refractivity contribution in [2.45, 2.75) is 19.4 Å². The van der Waals surface area contributed by atoms with Gasteiger partial charge in [0.2, 0.25) is 5.91 Å². The minimum atomic E-state index is -0.266. The summed E-state index contributed by atoms with van der Waals surface area (Å²) in [7, 11) is 0. The van der Waals surface area contributed by atoms with Crippen LogP contribution >= 0.6 is 0 Å². The lowest BCUT2D eigenvalue weighted by atomic mass is 10.1. The van der Waals surface area contributed by atoms with Gasteiger partial charge < -0.3 is 10.6 Å². The number of aromatic nitrogens is 3. The molecule has 3 N–H and O–H groups in total. The number of hydrogen-bond acceptors (Lipinski definition) is 4. The van der Waals surface area contributed by atoms with Crippen LogP contribution < -0.4 is 10.6 Å². The fourth-order valence-electron chi connectivity index (χ4n) is 2.14. The van der Waals surface area contributed by atoms with Gasteiger partial charge in [-0.05, 0) is 30.7 Å². The number of amides is 2. The molecule has 0 saturated carbocycles. The molecule has 0 saturated heterocycles. The first-order chi connectivity index (χ1) is 9.63. The van der Waals surface area contributed by atoms with E-state index >= 15 is 0 Å². The topological polar surface area (TPSA) is 99.8 Å². The van der Waals surface area contributed by atoms with Crippen LogP contribution in [0.1, 0.15) is 34.7 Å². The third-order valence-corrected chi connectivity index (χ3v) is 3.18. The number of nitrogens with zero attached hydrogens (tertiary/aromatic N) is 2. The summed E-state index contributed by atoms with van der Waals surface area (Å²) in [6.07, 6.45) is 1.71. The number of carbonyl (C=O) groups is 2. The van der Waals surface area contributed by atoms with Crippen LogP contribution in [0.5, 0.6) is 0 Å². The van der Waals surface area contributed by atoms with Gasteiger partial charge in [0.05, 0.1) is 12.5 Å². The lowest BCUT2D eigenvalue weighted by molar-refractivity contribution is -0.115. The molecule has 1 aromatic heterocycles. The Kier molecular flexibility index (Phi) is 2.94. The van der Waals surface area contributed by atoms with Crippen molar-refractivity contribution >= 4 is 17.5 Å². The number of hydrogen-bond donors (Lipinski definition) is 3. The zero-order valence-electron chi connectivity index (χ0n) is 10.8. The molecule has 0 fully saturated rings. The molecule has 1 aliphatic rings. The zero-order valence-corrected chi connectivity index (χ0v) is 10.8. The lowest BCUT2D eigenvalue weighted by Gasteiger charge is -2.11. The van der Waals surface area contributed by atoms with Crippen molar-refractivity contribution < 1.29 is 9.59 Å². The number of benzene rings is 1. The normalized spacial score (nSPS) is 14.6. The monoisotopic (exact) mass is 271 g/mol. The Bertz CT molecular complexity index is 665. The molecular weight excluding hydrogens is 258 g/mol. The minimum Gasteiger partial charge on any atom is -0.342 e. The van der Waals surface area contributed by atoms with Crippen LogP contribution in [0.4, 0.5) is 5.69 Å². The lowest BCUT2D eigenvalue weighted by Crippen LogP contribution is -2.27. The first-order valence-corrected chi connectivity index (χ1v) is 6.22. The van der Waals surface area contributed by atoms with Gasteiger partial charge in [-0.3, -0.25) is 14.7 Å². The van der Waals surface area contributed by atoms with E-state index in [-0.39, 0.29) is 17.9 Å². The fourth-order valence-corrected chi connectivity index (χ4v) is 2.14. The molecule has 1 aromatic carbocycles. The Hall–Kier alpha value is -2.70. The summed E-state index contributed by atoms with van der Waals surface area (Å²) in [5.41, 5.74) is 2.14. The second-order valence-corrected chi connectivity index (χ2v) is 4.66. The molecule has 1 atom stereocenters. The molecule has 2 amide bonds. The van der Waals surface area contributed by atoms with Crippen molar-refractivity contribution in [3.8, 4) is 0 Å². The summed E-state index contributed by atoms with van der Waals surface area (Å²) >= 11 is 0. The highest BCUT2D eigenvalue weighted by atomic mass is 16.2. The molecule has 1 unspecified atom stereocenters.